The number of rotatable bonds is 12. The van der Waals surface area contributed by atoms with E-state index < -0.39 is 12.0 Å². The SMILES string of the molecule is CCCN(CCC)CCCNC(=O)[C@H]1c2cc(OC)c(OC)cc2C(=O)N(C)[C@H]1c1cccnc1. The van der Waals surface area contributed by atoms with Gasteiger partial charge in [0.1, 0.15) is 0 Å². The predicted molar refractivity (Wildman–Crippen MR) is 136 cm³/mol. The van der Waals surface area contributed by atoms with Gasteiger partial charge < -0.3 is 24.6 Å². The molecule has 0 fully saturated rings. The first kappa shape index (κ1) is 26.5. The Morgan fingerprint density at radius 3 is 2.40 bits per heavy atom. The number of aromatic nitrogens is 1. The normalized spacial score (nSPS) is 17.3. The predicted octanol–water partition coefficient (Wildman–Crippen LogP) is 3.64. The summed E-state index contributed by atoms with van der Waals surface area (Å²) in [7, 11) is 4.81. The average Bonchev–Trinajstić information content (AvgIpc) is 2.88. The molecule has 0 aliphatic carbocycles. The van der Waals surface area contributed by atoms with E-state index in [0.29, 0.717) is 29.2 Å². The van der Waals surface area contributed by atoms with Crippen LogP contribution in [-0.4, -0.2) is 74.0 Å². The van der Waals surface area contributed by atoms with Crippen molar-refractivity contribution in [3.63, 3.8) is 0 Å². The first-order chi connectivity index (χ1) is 17.0. The van der Waals surface area contributed by atoms with Gasteiger partial charge in [-0.1, -0.05) is 19.9 Å². The highest BCUT2D eigenvalue weighted by molar-refractivity contribution is 6.02. The van der Waals surface area contributed by atoms with Gasteiger partial charge in [0.2, 0.25) is 5.91 Å². The molecule has 2 amide bonds. The molecular weight excluding hydrogens is 444 g/mol. The van der Waals surface area contributed by atoms with Gasteiger partial charge in [-0.15, -0.1) is 0 Å². The molecule has 0 saturated heterocycles. The molecule has 2 atom stereocenters. The van der Waals surface area contributed by atoms with Crippen molar-refractivity contribution < 1.29 is 19.1 Å². The van der Waals surface area contributed by atoms with Crippen molar-refractivity contribution in [2.24, 2.45) is 0 Å². The third-order valence-corrected chi connectivity index (χ3v) is 6.51. The number of ether oxygens (including phenoxy) is 2. The summed E-state index contributed by atoms with van der Waals surface area (Å²) in [5.41, 5.74) is 1.89. The summed E-state index contributed by atoms with van der Waals surface area (Å²) in [4.78, 5) is 35.4. The van der Waals surface area contributed by atoms with Crippen molar-refractivity contribution in [2.75, 3.05) is 47.4 Å². The smallest absolute Gasteiger partial charge is 0.254 e. The van der Waals surface area contributed by atoms with Gasteiger partial charge in [0.25, 0.3) is 5.91 Å². The molecular formula is C27H38N4O4. The monoisotopic (exact) mass is 482 g/mol. The quantitative estimate of drug-likeness (QED) is 0.465. The average molecular weight is 483 g/mol. The number of fused-ring (bicyclic) bond motifs is 1. The number of pyridine rings is 1. The maximum absolute atomic E-state index is 13.7. The Balaban J connectivity index is 1.91. The molecule has 0 spiro atoms. The zero-order valence-corrected chi connectivity index (χ0v) is 21.5. The van der Waals surface area contributed by atoms with Gasteiger partial charge in [-0.05, 0) is 68.2 Å². The Morgan fingerprint density at radius 2 is 1.80 bits per heavy atom. The van der Waals surface area contributed by atoms with E-state index in [2.05, 4.69) is 29.0 Å². The van der Waals surface area contributed by atoms with Crippen molar-refractivity contribution in [2.45, 2.75) is 45.1 Å². The molecule has 2 heterocycles. The van der Waals surface area contributed by atoms with E-state index in [-0.39, 0.29) is 11.8 Å². The van der Waals surface area contributed by atoms with Crippen LogP contribution in [0, 0.1) is 0 Å². The third-order valence-electron chi connectivity index (χ3n) is 6.51. The number of hydrogen-bond donors (Lipinski definition) is 1. The zero-order valence-electron chi connectivity index (χ0n) is 21.5. The zero-order chi connectivity index (χ0) is 25.4. The standard InChI is InChI=1S/C27H38N4O4/c1-6-13-31(14-7-2)15-9-12-29-26(32)24-20-16-22(34-4)23(35-5)17-21(20)27(33)30(3)25(24)19-10-8-11-28-18-19/h8,10-11,16-18,24-25H,6-7,9,12-15H2,1-5H3,(H,29,32)/t24-,25-/m0/s1. The Kier molecular flexibility index (Phi) is 9.48. The first-order valence-corrected chi connectivity index (χ1v) is 12.4. The molecule has 1 aromatic heterocycles. The van der Waals surface area contributed by atoms with E-state index in [1.807, 2.05) is 12.1 Å². The van der Waals surface area contributed by atoms with Gasteiger partial charge in [0.15, 0.2) is 11.5 Å². The molecule has 0 bridgehead atoms. The van der Waals surface area contributed by atoms with E-state index in [9.17, 15) is 9.59 Å². The van der Waals surface area contributed by atoms with Crippen LogP contribution < -0.4 is 14.8 Å². The lowest BCUT2D eigenvalue weighted by Crippen LogP contribution is -2.46. The Labute approximate surface area is 208 Å². The van der Waals surface area contributed by atoms with Crippen LogP contribution in [0.3, 0.4) is 0 Å². The van der Waals surface area contributed by atoms with Crippen molar-refractivity contribution >= 4 is 11.8 Å². The van der Waals surface area contributed by atoms with Crippen LogP contribution in [0.4, 0.5) is 0 Å². The Hall–Kier alpha value is -3.13. The summed E-state index contributed by atoms with van der Waals surface area (Å²) in [5, 5.41) is 3.14. The molecule has 2 aromatic rings. The lowest BCUT2D eigenvalue weighted by Gasteiger charge is -2.40. The summed E-state index contributed by atoms with van der Waals surface area (Å²) >= 11 is 0. The number of methoxy groups -OCH3 is 2. The second-order valence-electron chi connectivity index (χ2n) is 8.91. The van der Waals surface area contributed by atoms with Gasteiger partial charge in [0, 0.05) is 31.5 Å². The van der Waals surface area contributed by atoms with E-state index in [4.69, 9.17) is 9.47 Å². The lowest BCUT2D eigenvalue weighted by atomic mass is 9.79. The maximum Gasteiger partial charge on any atom is 0.254 e. The van der Waals surface area contributed by atoms with Crippen LogP contribution in [0.25, 0.3) is 0 Å². The number of carbonyl (C=O) groups excluding carboxylic acids is 2. The minimum Gasteiger partial charge on any atom is -0.493 e. The highest BCUT2D eigenvalue weighted by Crippen LogP contribution is 2.45. The van der Waals surface area contributed by atoms with Crippen LogP contribution in [0.1, 0.15) is 66.6 Å². The molecule has 190 valence electrons. The number of hydrogen-bond acceptors (Lipinski definition) is 6. The summed E-state index contributed by atoms with van der Waals surface area (Å²) in [6.45, 7) is 8.01. The Bertz CT molecular complexity index is 992. The third kappa shape index (κ3) is 5.93. The number of likely N-dealkylation sites (N-methyl/N-ethyl adjacent to an activating group) is 1. The minimum atomic E-state index is -0.612. The topological polar surface area (TPSA) is 84.0 Å². The van der Waals surface area contributed by atoms with Crippen LogP contribution in [-0.2, 0) is 4.79 Å². The molecule has 1 aromatic carbocycles. The fourth-order valence-corrected chi connectivity index (χ4v) is 4.89. The van der Waals surface area contributed by atoms with E-state index in [0.717, 1.165) is 44.5 Å². The molecule has 0 saturated carbocycles. The van der Waals surface area contributed by atoms with Gasteiger partial charge in [-0.2, -0.15) is 0 Å². The summed E-state index contributed by atoms with van der Waals surface area (Å²) in [5.74, 6) is 0.0389. The highest BCUT2D eigenvalue weighted by atomic mass is 16.5. The molecule has 3 rings (SSSR count). The lowest BCUT2D eigenvalue weighted by molar-refractivity contribution is -0.124. The fraction of sp³-hybridized carbons (Fsp3) is 0.519. The van der Waals surface area contributed by atoms with Gasteiger partial charge in [0.05, 0.1) is 26.2 Å². The first-order valence-electron chi connectivity index (χ1n) is 12.4. The molecule has 1 N–H and O–H groups in total. The van der Waals surface area contributed by atoms with E-state index >= 15 is 0 Å². The maximum atomic E-state index is 13.7. The second-order valence-corrected chi connectivity index (χ2v) is 8.91. The van der Waals surface area contributed by atoms with Gasteiger partial charge in [-0.3, -0.25) is 14.6 Å². The van der Waals surface area contributed by atoms with Crippen molar-refractivity contribution in [3.8, 4) is 11.5 Å². The fourth-order valence-electron chi connectivity index (χ4n) is 4.89. The van der Waals surface area contributed by atoms with Crippen LogP contribution in [0.5, 0.6) is 11.5 Å². The van der Waals surface area contributed by atoms with E-state index in [1.54, 1.807) is 43.6 Å². The number of nitrogens with zero attached hydrogens (tertiary/aromatic N) is 3. The molecule has 8 nitrogen and oxygen atoms in total. The molecule has 0 unspecified atom stereocenters. The Morgan fingerprint density at radius 1 is 1.11 bits per heavy atom. The molecule has 1 aliphatic heterocycles. The van der Waals surface area contributed by atoms with Gasteiger partial charge >= 0.3 is 0 Å². The van der Waals surface area contributed by atoms with Gasteiger partial charge in [-0.25, -0.2) is 0 Å². The second kappa shape index (κ2) is 12.5. The van der Waals surface area contributed by atoms with Crippen LogP contribution in [0.15, 0.2) is 36.7 Å². The number of amides is 2. The molecule has 0 radical (unpaired) electrons. The minimum absolute atomic E-state index is 0.121. The van der Waals surface area contributed by atoms with Crippen molar-refractivity contribution in [3.05, 3.63) is 53.3 Å². The largest absolute Gasteiger partial charge is 0.493 e. The summed E-state index contributed by atoms with van der Waals surface area (Å²) in [6, 6.07) is 6.67. The molecule has 1 aliphatic rings. The van der Waals surface area contributed by atoms with Crippen LogP contribution >= 0.6 is 0 Å². The van der Waals surface area contributed by atoms with Crippen molar-refractivity contribution in [1.82, 2.24) is 20.1 Å². The van der Waals surface area contributed by atoms with E-state index in [1.165, 1.54) is 7.11 Å². The molecule has 8 heteroatoms. The highest BCUT2D eigenvalue weighted by Gasteiger charge is 2.43. The number of nitrogens with one attached hydrogen (secondary N) is 1. The summed E-state index contributed by atoms with van der Waals surface area (Å²) in [6.07, 6.45) is 6.49. The summed E-state index contributed by atoms with van der Waals surface area (Å²) < 4.78 is 10.9. The van der Waals surface area contributed by atoms with Crippen LogP contribution in [0.2, 0.25) is 0 Å². The van der Waals surface area contributed by atoms with Crippen molar-refractivity contribution in [1.29, 1.82) is 0 Å². The molecule has 35 heavy (non-hydrogen) atoms. The number of carbonyl (C=O) groups is 2. The number of benzene rings is 1.